The fourth-order valence-electron chi connectivity index (χ4n) is 1.74. The van der Waals surface area contributed by atoms with E-state index >= 15 is 0 Å². The lowest BCUT2D eigenvalue weighted by atomic mass is 10.2. The maximum atomic E-state index is 11.1. The van der Waals surface area contributed by atoms with Gasteiger partial charge in [-0.25, -0.2) is 4.98 Å². The van der Waals surface area contributed by atoms with Gasteiger partial charge in [0, 0.05) is 26.0 Å². The first-order valence-electron chi connectivity index (χ1n) is 5.74. The highest BCUT2D eigenvalue weighted by Crippen LogP contribution is 2.21. The molecule has 2 aromatic rings. The molecule has 1 amide bonds. The molecular weight excluding hydrogens is 242 g/mol. The van der Waals surface area contributed by atoms with Gasteiger partial charge in [0.2, 0.25) is 0 Å². The van der Waals surface area contributed by atoms with Crippen LogP contribution >= 0.6 is 0 Å². The Morgan fingerprint density at radius 3 is 2.79 bits per heavy atom. The smallest absolute Gasteiger partial charge is 0.267 e. The van der Waals surface area contributed by atoms with E-state index in [1.807, 2.05) is 24.1 Å². The summed E-state index contributed by atoms with van der Waals surface area (Å²) in [5.74, 6) is -0.0452. The molecule has 0 saturated carbocycles. The van der Waals surface area contributed by atoms with E-state index in [0.717, 1.165) is 5.56 Å². The Balaban J connectivity index is 2.25. The molecule has 6 nitrogen and oxygen atoms in total. The Hall–Kier alpha value is -2.63. The molecule has 19 heavy (non-hydrogen) atoms. The number of primary amides is 1. The highest BCUT2D eigenvalue weighted by Gasteiger charge is 2.11. The number of anilines is 2. The number of carbonyl (C=O) groups excluding carboxylic acids is 1. The minimum atomic E-state index is -0.573. The summed E-state index contributed by atoms with van der Waals surface area (Å²) in [5, 5.41) is 0. The second-order valence-electron chi connectivity index (χ2n) is 4.19. The Labute approximate surface area is 111 Å². The molecule has 0 aliphatic heterocycles. The first kappa shape index (κ1) is 12.8. The summed E-state index contributed by atoms with van der Waals surface area (Å²) in [6.45, 7) is 0.591. The number of hydrogen-bond donors (Lipinski definition) is 2. The fourth-order valence-corrected chi connectivity index (χ4v) is 1.74. The Morgan fingerprint density at radius 2 is 2.16 bits per heavy atom. The standard InChI is InChI=1S/C13H15N5O/c1-18(8-9-3-2-6-16-7-9)13-10(14)4-5-11(17-13)12(15)19/h2-7H,8,14H2,1H3,(H2,15,19). The lowest BCUT2D eigenvalue weighted by molar-refractivity contribution is 0.0995. The third kappa shape index (κ3) is 2.98. The minimum Gasteiger partial charge on any atom is -0.396 e. The van der Waals surface area contributed by atoms with Crippen molar-refractivity contribution in [3.05, 3.63) is 47.9 Å². The first-order valence-corrected chi connectivity index (χ1v) is 5.74. The first-order chi connectivity index (χ1) is 9.08. The van der Waals surface area contributed by atoms with E-state index in [4.69, 9.17) is 11.5 Å². The maximum absolute atomic E-state index is 11.1. The van der Waals surface area contributed by atoms with Crippen LogP contribution in [-0.2, 0) is 6.54 Å². The quantitative estimate of drug-likeness (QED) is 0.844. The largest absolute Gasteiger partial charge is 0.396 e. The van der Waals surface area contributed by atoms with Crippen LogP contribution in [0.5, 0.6) is 0 Å². The third-order valence-electron chi connectivity index (χ3n) is 2.66. The minimum absolute atomic E-state index is 0.197. The van der Waals surface area contributed by atoms with Crippen molar-refractivity contribution < 1.29 is 4.79 Å². The molecule has 4 N–H and O–H groups in total. The number of aromatic nitrogens is 2. The molecular formula is C13H15N5O. The van der Waals surface area contributed by atoms with Crippen LogP contribution in [0.25, 0.3) is 0 Å². The van der Waals surface area contributed by atoms with Crippen molar-refractivity contribution in [2.45, 2.75) is 6.54 Å². The van der Waals surface area contributed by atoms with E-state index in [1.54, 1.807) is 18.5 Å². The summed E-state index contributed by atoms with van der Waals surface area (Å²) >= 11 is 0. The normalized spacial score (nSPS) is 10.2. The molecule has 2 rings (SSSR count). The topological polar surface area (TPSA) is 98.1 Å². The van der Waals surface area contributed by atoms with Gasteiger partial charge < -0.3 is 16.4 Å². The fraction of sp³-hybridized carbons (Fsp3) is 0.154. The summed E-state index contributed by atoms with van der Waals surface area (Å²) in [6.07, 6.45) is 3.48. The molecule has 98 valence electrons. The van der Waals surface area contributed by atoms with Gasteiger partial charge in [0.15, 0.2) is 5.82 Å². The van der Waals surface area contributed by atoms with Gasteiger partial charge in [-0.15, -0.1) is 0 Å². The van der Waals surface area contributed by atoms with E-state index < -0.39 is 5.91 Å². The van der Waals surface area contributed by atoms with E-state index in [2.05, 4.69) is 9.97 Å². The predicted molar refractivity (Wildman–Crippen MR) is 73.5 cm³/mol. The molecule has 0 bridgehead atoms. The number of nitrogen functional groups attached to an aromatic ring is 1. The summed E-state index contributed by atoms with van der Waals surface area (Å²) < 4.78 is 0. The van der Waals surface area contributed by atoms with Crippen LogP contribution < -0.4 is 16.4 Å². The summed E-state index contributed by atoms with van der Waals surface area (Å²) in [6, 6.07) is 6.96. The van der Waals surface area contributed by atoms with Crippen molar-refractivity contribution >= 4 is 17.4 Å². The lowest BCUT2D eigenvalue weighted by Gasteiger charge is -2.20. The Kier molecular flexibility index (Phi) is 3.61. The van der Waals surface area contributed by atoms with E-state index in [0.29, 0.717) is 18.1 Å². The molecule has 0 atom stereocenters. The zero-order valence-electron chi connectivity index (χ0n) is 10.6. The number of pyridine rings is 2. The van der Waals surface area contributed by atoms with Crippen LogP contribution in [0.1, 0.15) is 16.1 Å². The molecule has 0 spiro atoms. The van der Waals surface area contributed by atoms with Gasteiger partial charge in [-0.3, -0.25) is 9.78 Å². The number of amides is 1. The van der Waals surface area contributed by atoms with Crippen LogP contribution in [0.4, 0.5) is 11.5 Å². The van der Waals surface area contributed by atoms with Crippen LogP contribution in [0.15, 0.2) is 36.7 Å². The Morgan fingerprint density at radius 1 is 1.37 bits per heavy atom. The maximum Gasteiger partial charge on any atom is 0.267 e. The molecule has 0 unspecified atom stereocenters. The Bertz CT molecular complexity index is 585. The van der Waals surface area contributed by atoms with E-state index in [1.165, 1.54) is 6.07 Å². The molecule has 6 heteroatoms. The SMILES string of the molecule is CN(Cc1cccnc1)c1nc(C(N)=O)ccc1N. The van der Waals surface area contributed by atoms with Crippen LogP contribution in [0, 0.1) is 0 Å². The van der Waals surface area contributed by atoms with Gasteiger partial charge in [0.25, 0.3) is 5.91 Å². The number of nitrogens with zero attached hydrogens (tertiary/aromatic N) is 3. The predicted octanol–water partition coefficient (Wildman–Crippen LogP) is 0.794. The zero-order valence-corrected chi connectivity index (χ0v) is 10.6. The van der Waals surface area contributed by atoms with Crippen molar-refractivity contribution in [1.82, 2.24) is 9.97 Å². The number of nitrogens with two attached hydrogens (primary N) is 2. The summed E-state index contributed by atoms with van der Waals surface area (Å²) in [4.78, 5) is 21.2. The van der Waals surface area contributed by atoms with Crippen LogP contribution in [0.3, 0.4) is 0 Å². The molecule has 0 aliphatic rings. The van der Waals surface area contributed by atoms with Crippen molar-refractivity contribution in [3.63, 3.8) is 0 Å². The van der Waals surface area contributed by atoms with Gasteiger partial charge in [-0.1, -0.05) is 6.07 Å². The lowest BCUT2D eigenvalue weighted by Crippen LogP contribution is -2.21. The monoisotopic (exact) mass is 257 g/mol. The van der Waals surface area contributed by atoms with Gasteiger partial charge in [0.05, 0.1) is 5.69 Å². The van der Waals surface area contributed by atoms with Crippen molar-refractivity contribution in [2.75, 3.05) is 17.7 Å². The van der Waals surface area contributed by atoms with Gasteiger partial charge in [-0.2, -0.15) is 0 Å². The van der Waals surface area contributed by atoms with Crippen molar-refractivity contribution in [3.8, 4) is 0 Å². The van der Waals surface area contributed by atoms with Crippen LogP contribution in [-0.4, -0.2) is 22.9 Å². The number of carbonyl (C=O) groups is 1. The van der Waals surface area contributed by atoms with E-state index in [-0.39, 0.29) is 5.69 Å². The van der Waals surface area contributed by atoms with Crippen molar-refractivity contribution in [2.24, 2.45) is 5.73 Å². The summed E-state index contributed by atoms with van der Waals surface area (Å²) in [5.41, 5.74) is 12.8. The third-order valence-corrected chi connectivity index (χ3v) is 2.66. The van der Waals surface area contributed by atoms with Crippen LogP contribution in [0.2, 0.25) is 0 Å². The second kappa shape index (κ2) is 5.34. The average Bonchev–Trinajstić information content (AvgIpc) is 2.40. The molecule has 2 aromatic heterocycles. The highest BCUT2D eigenvalue weighted by atomic mass is 16.1. The van der Waals surface area contributed by atoms with Gasteiger partial charge >= 0.3 is 0 Å². The molecule has 0 aliphatic carbocycles. The molecule has 0 radical (unpaired) electrons. The highest BCUT2D eigenvalue weighted by molar-refractivity contribution is 5.91. The summed E-state index contributed by atoms with van der Waals surface area (Å²) in [7, 11) is 1.84. The van der Waals surface area contributed by atoms with Crippen molar-refractivity contribution in [1.29, 1.82) is 0 Å². The van der Waals surface area contributed by atoms with E-state index in [9.17, 15) is 4.79 Å². The molecule has 2 heterocycles. The molecule has 0 aromatic carbocycles. The number of hydrogen-bond acceptors (Lipinski definition) is 5. The second-order valence-corrected chi connectivity index (χ2v) is 4.19. The van der Waals surface area contributed by atoms with Gasteiger partial charge in [0.1, 0.15) is 5.69 Å². The number of rotatable bonds is 4. The zero-order chi connectivity index (χ0) is 13.8. The molecule has 0 saturated heterocycles. The average molecular weight is 257 g/mol. The van der Waals surface area contributed by atoms with Gasteiger partial charge in [-0.05, 0) is 23.8 Å². The molecule has 0 fully saturated rings.